The van der Waals surface area contributed by atoms with Crippen molar-refractivity contribution in [3.63, 3.8) is 0 Å². The van der Waals surface area contributed by atoms with Gasteiger partial charge in [-0.15, -0.1) is 0 Å². The predicted octanol–water partition coefficient (Wildman–Crippen LogP) is 1.50. The molecule has 7 nitrogen and oxygen atoms in total. The Labute approximate surface area is 110 Å². The van der Waals surface area contributed by atoms with Crippen LogP contribution in [0, 0.1) is 0 Å². The van der Waals surface area contributed by atoms with Crippen LogP contribution in [0.3, 0.4) is 0 Å². The molecule has 0 aliphatic rings. The van der Waals surface area contributed by atoms with Crippen molar-refractivity contribution in [2.45, 2.75) is 22.7 Å². The number of nitrogen functional groups attached to an aromatic ring is 1. The molecule has 0 spiro atoms. The van der Waals surface area contributed by atoms with E-state index in [2.05, 4.69) is 29.3 Å². The maximum atomic E-state index is 5.65. The number of nitrogens with zero attached hydrogens (tertiary/aromatic N) is 5. The van der Waals surface area contributed by atoms with Crippen molar-refractivity contribution in [3.8, 4) is 0 Å². The van der Waals surface area contributed by atoms with Crippen molar-refractivity contribution in [1.29, 1.82) is 0 Å². The van der Waals surface area contributed by atoms with Crippen LogP contribution < -0.4 is 5.73 Å². The van der Waals surface area contributed by atoms with E-state index in [1.54, 1.807) is 6.33 Å². The zero-order valence-corrected chi connectivity index (χ0v) is 11.0. The average molecular weight is 279 g/mol. The van der Waals surface area contributed by atoms with Crippen LogP contribution in [0.5, 0.6) is 0 Å². The third kappa shape index (κ3) is 2.02. The first-order valence-electron chi connectivity index (χ1n) is 5.23. The lowest BCUT2D eigenvalue weighted by Gasteiger charge is -1.99. The van der Waals surface area contributed by atoms with E-state index in [0.29, 0.717) is 10.7 Å². The zero-order valence-electron chi connectivity index (χ0n) is 9.41. The molecule has 0 bridgehead atoms. The Kier molecular flexibility index (Phi) is 2.84. The molecule has 9 heteroatoms. The van der Waals surface area contributed by atoms with Gasteiger partial charge in [0, 0.05) is 6.42 Å². The van der Waals surface area contributed by atoms with E-state index >= 15 is 0 Å². The summed E-state index contributed by atoms with van der Waals surface area (Å²) in [5.74, 6) is 1.04. The van der Waals surface area contributed by atoms with Crippen LogP contribution in [0.4, 0.5) is 5.95 Å². The lowest BCUT2D eigenvalue weighted by molar-refractivity contribution is 0.970. The van der Waals surface area contributed by atoms with Gasteiger partial charge in [-0.25, -0.2) is 15.0 Å². The number of nitrogens with two attached hydrogens (primary N) is 1. The molecule has 3 aromatic rings. The first-order valence-corrected chi connectivity index (χ1v) is 6.82. The predicted molar refractivity (Wildman–Crippen MR) is 69.5 cm³/mol. The summed E-state index contributed by atoms with van der Waals surface area (Å²) in [6.07, 6.45) is 2.39. The summed E-state index contributed by atoms with van der Waals surface area (Å²) in [7, 11) is 0. The number of imidazole rings is 1. The topological polar surface area (TPSA) is 106 Å². The van der Waals surface area contributed by atoms with Gasteiger partial charge in [-0.05, 0) is 23.3 Å². The highest BCUT2D eigenvalue weighted by Gasteiger charge is 2.12. The summed E-state index contributed by atoms with van der Waals surface area (Å²) in [6.45, 7) is 2.02. The minimum Gasteiger partial charge on any atom is -0.368 e. The van der Waals surface area contributed by atoms with Gasteiger partial charge in [-0.2, -0.15) is 9.36 Å². The van der Waals surface area contributed by atoms with Gasteiger partial charge in [0.2, 0.25) is 5.95 Å². The Morgan fingerprint density at radius 1 is 1.39 bits per heavy atom. The van der Waals surface area contributed by atoms with E-state index in [1.807, 2.05) is 6.92 Å². The number of fused-ring (bicyclic) bond motifs is 1. The van der Waals surface area contributed by atoms with Crippen LogP contribution in [-0.2, 0) is 6.42 Å². The largest absolute Gasteiger partial charge is 0.368 e. The Balaban J connectivity index is 2.00. The van der Waals surface area contributed by atoms with E-state index in [-0.39, 0.29) is 5.95 Å². The SMILES string of the molecule is CCc1nsc(Sc2nc(N)nc3nc[nH]c23)n1. The number of aromatic amines is 1. The fourth-order valence-corrected chi connectivity index (χ4v) is 3.11. The molecule has 0 atom stereocenters. The van der Waals surface area contributed by atoms with Gasteiger partial charge >= 0.3 is 0 Å². The number of rotatable bonds is 3. The van der Waals surface area contributed by atoms with Gasteiger partial charge in [0.15, 0.2) is 9.99 Å². The Morgan fingerprint density at radius 2 is 2.28 bits per heavy atom. The molecule has 3 N–H and O–H groups in total. The number of anilines is 1. The van der Waals surface area contributed by atoms with Crippen molar-refractivity contribution in [2.75, 3.05) is 5.73 Å². The summed E-state index contributed by atoms with van der Waals surface area (Å²) in [5.41, 5.74) is 6.97. The average Bonchev–Trinajstić information content (AvgIpc) is 2.97. The number of aryl methyl sites for hydroxylation is 1. The molecular weight excluding hydrogens is 270 g/mol. The maximum absolute atomic E-state index is 5.65. The third-order valence-electron chi connectivity index (χ3n) is 2.22. The highest BCUT2D eigenvalue weighted by Crippen LogP contribution is 2.31. The number of aromatic nitrogens is 6. The summed E-state index contributed by atoms with van der Waals surface area (Å²) < 4.78 is 5.06. The van der Waals surface area contributed by atoms with E-state index in [0.717, 1.165) is 22.1 Å². The highest BCUT2D eigenvalue weighted by molar-refractivity contribution is 8.01. The standard InChI is InChI=1S/C9H9N7S2/c1-2-4-13-9(18-16-4)17-7-5-6(12-3-11-5)14-8(10)15-7/h3H,2H2,1H3,(H3,10,11,12,14,15). The van der Waals surface area contributed by atoms with Crippen LogP contribution >= 0.6 is 23.3 Å². The summed E-state index contributed by atoms with van der Waals surface area (Å²) >= 11 is 2.77. The molecule has 0 radical (unpaired) electrons. The molecule has 0 aliphatic heterocycles. The molecule has 0 saturated heterocycles. The van der Waals surface area contributed by atoms with Crippen molar-refractivity contribution in [3.05, 3.63) is 12.2 Å². The molecule has 0 fully saturated rings. The Morgan fingerprint density at radius 3 is 3.06 bits per heavy atom. The molecule has 18 heavy (non-hydrogen) atoms. The summed E-state index contributed by atoms with van der Waals surface area (Å²) in [5, 5.41) is 0.716. The highest BCUT2D eigenvalue weighted by atomic mass is 32.2. The molecule has 92 valence electrons. The normalized spacial score (nSPS) is 11.2. The van der Waals surface area contributed by atoms with Crippen molar-refractivity contribution in [2.24, 2.45) is 0 Å². The third-order valence-corrected chi connectivity index (χ3v) is 4.00. The molecule has 0 aliphatic carbocycles. The molecule has 0 unspecified atom stereocenters. The second kappa shape index (κ2) is 4.50. The number of hydrogen-bond acceptors (Lipinski definition) is 8. The Bertz CT molecular complexity index is 689. The molecule has 0 aromatic carbocycles. The van der Waals surface area contributed by atoms with Crippen LogP contribution in [0.25, 0.3) is 11.2 Å². The molecule has 3 aromatic heterocycles. The quantitative estimate of drug-likeness (QED) is 0.700. The van der Waals surface area contributed by atoms with Crippen LogP contribution in [-0.4, -0.2) is 29.3 Å². The fraction of sp³-hybridized carbons (Fsp3) is 0.222. The monoisotopic (exact) mass is 279 g/mol. The van der Waals surface area contributed by atoms with Crippen LogP contribution in [0.1, 0.15) is 12.7 Å². The fourth-order valence-electron chi connectivity index (χ4n) is 1.40. The lowest BCUT2D eigenvalue weighted by Crippen LogP contribution is -1.96. The number of H-pyrrole nitrogens is 1. The second-order valence-electron chi connectivity index (χ2n) is 3.42. The van der Waals surface area contributed by atoms with Gasteiger partial charge < -0.3 is 10.7 Å². The molecule has 0 saturated carbocycles. The summed E-state index contributed by atoms with van der Waals surface area (Å²) in [6, 6.07) is 0. The second-order valence-corrected chi connectivity index (χ2v) is 5.41. The van der Waals surface area contributed by atoms with Crippen molar-refractivity contribution < 1.29 is 0 Å². The van der Waals surface area contributed by atoms with Crippen LogP contribution in [0.15, 0.2) is 15.7 Å². The zero-order chi connectivity index (χ0) is 12.5. The van der Waals surface area contributed by atoms with E-state index in [1.165, 1.54) is 23.3 Å². The van der Waals surface area contributed by atoms with E-state index < -0.39 is 0 Å². The first-order chi connectivity index (χ1) is 8.76. The van der Waals surface area contributed by atoms with Gasteiger partial charge in [0.25, 0.3) is 0 Å². The summed E-state index contributed by atoms with van der Waals surface area (Å²) in [4.78, 5) is 19.7. The van der Waals surface area contributed by atoms with E-state index in [9.17, 15) is 0 Å². The first kappa shape index (κ1) is 11.4. The van der Waals surface area contributed by atoms with Crippen molar-refractivity contribution >= 4 is 40.4 Å². The number of nitrogens with one attached hydrogen (secondary N) is 1. The van der Waals surface area contributed by atoms with Gasteiger partial charge in [-0.1, -0.05) is 6.92 Å². The molecular formula is C9H9N7S2. The van der Waals surface area contributed by atoms with Crippen LogP contribution in [0.2, 0.25) is 0 Å². The maximum Gasteiger partial charge on any atom is 0.223 e. The van der Waals surface area contributed by atoms with Gasteiger partial charge in [0.1, 0.15) is 16.4 Å². The van der Waals surface area contributed by atoms with Gasteiger partial charge in [-0.3, -0.25) is 0 Å². The molecule has 3 heterocycles. The van der Waals surface area contributed by atoms with Crippen molar-refractivity contribution in [1.82, 2.24) is 29.3 Å². The lowest BCUT2D eigenvalue weighted by atomic mass is 10.5. The smallest absolute Gasteiger partial charge is 0.223 e. The van der Waals surface area contributed by atoms with Gasteiger partial charge in [0.05, 0.1) is 6.33 Å². The molecule has 3 rings (SSSR count). The minimum absolute atomic E-state index is 0.206. The molecule has 0 amide bonds. The minimum atomic E-state index is 0.206. The van der Waals surface area contributed by atoms with E-state index in [4.69, 9.17) is 5.73 Å². The number of hydrogen-bond donors (Lipinski definition) is 2. The Hall–Kier alpha value is -1.74.